The molecular weight excluding hydrogens is 448 g/mol. The van der Waals surface area contributed by atoms with Crippen molar-refractivity contribution in [3.8, 4) is 11.6 Å². The fraction of sp³-hybridized carbons (Fsp3) is 0.115. The number of aromatic nitrogens is 1. The number of fused-ring (bicyclic) bond motifs is 1. The highest BCUT2D eigenvalue weighted by Gasteiger charge is 2.20. The lowest BCUT2D eigenvalue weighted by Gasteiger charge is -2.09. The molecule has 9 heteroatoms. The molecule has 0 atom stereocenters. The van der Waals surface area contributed by atoms with Crippen LogP contribution in [-0.4, -0.2) is 48.1 Å². The number of rotatable bonds is 7. The Balaban J connectivity index is 1.82. The molecule has 0 aliphatic rings. The van der Waals surface area contributed by atoms with Gasteiger partial charge >= 0.3 is 6.16 Å². The van der Waals surface area contributed by atoms with Crippen molar-refractivity contribution in [3.63, 3.8) is 0 Å². The third-order valence-corrected chi connectivity index (χ3v) is 5.18. The van der Waals surface area contributed by atoms with Crippen molar-refractivity contribution >= 4 is 34.4 Å². The predicted octanol–water partition coefficient (Wildman–Crippen LogP) is 3.88. The van der Waals surface area contributed by atoms with E-state index < -0.39 is 6.16 Å². The van der Waals surface area contributed by atoms with Crippen LogP contribution in [0.1, 0.15) is 21.5 Å². The molecule has 5 N–H and O–H groups in total. The van der Waals surface area contributed by atoms with Crippen LogP contribution in [0.25, 0.3) is 10.9 Å². The lowest BCUT2D eigenvalue weighted by Crippen LogP contribution is -2.28. The van der Waals surface area contributed by atoms with E-state index in [1.807, 2.05) is 30.3 Å². The third-order valence-electron chi connectivity index (χ3n) is 5.18. The van der Waals surface area contributed by atoms with Gasteiger partial charge in [0.2, 0.25) is 0 Å². The number of amides is 1. The molecule has 178 valence electrons. The fourth-order valence-corrected chi connectivity index (χ4v) is 3.60. The molecule has 0 bridgehead atoms. The van der Waals surface area contributed by atoms with Gasteiger partial charge in [-0.3, -0.25) is 4.79 Å². The average Bonchev–Trinajstić information content (AvgIpc) is 3.21. The van der Waals surface area contributed by atoms with Crippen LogP contribution in [0.2, 0.25) is 0 Å². The summed E-state index contributed by atoms with van der Waals surface area (Å²) in [7, 11) is 1.22. The summed E-state index contributed by atoms with van der Waals surface area (Å²) in [5.74, 6) is -0.0944. The molecule has 1 amide bonds. The van der Waals surface area contributed by atoms with Gasteiger partial charge in [-0.2, -0.15) is 0 Å². The normalized spacial score (nSPS) is 11.3. The van der Waals surface area contributed by atoms with Crippen LogP contribution in [0.4, 0.5) is 10.5 Å². The van der Waals surface area contributed by atoms with Crippen LogP contribution in [0.5, 0.6) is 11.6 Å². The lowest BCUT2D eigenvalue weighted by atomic mass is 10.0. The highest BCUT2D eigenvalue weighted by atomic mass is 16.7. The van der Waals surface area contributed by atoms with Crippen LogP contribution in [0, 0.1) is 0 Å². The molecule has 0 saturated carbocycles. The number of H-pyrrole nitrogens is 1. The molecule has 35 heavy (non-hydrogen) atoms. The number of benzene rings is 3. The Morgan fingerprint density at radius 1 is 1.03 bits per heavy atom. The SMILES string of the molecule is COC(=O)Oc1ccc2c(C(=Nc3cccc(C(=O)NCCN)c3)c3ccccc3)c(O)[nH]c2c1. The molecule has 0 aliphatic carbocycles. The van der Waals surface area contributed by atoms with E-state index in [2.05, 4.69) is 15.0 Å². The number of nitrogens with zero attached hydrogens (tertiary/aromatic N) is 1. The summed E-state index contributed by atoms with van der Waals surface area (Å²) >= 11 is 0. The van der Waals surface area contributed by atoms with Crippen LogP contribution in [-0.2, 0) is 4.74 Å². The van der Waals surface area contributed by atoms with Crippen LogP contribution in [0.3, 0.4) is 0 Å². The van der Waals surface area contributed by atoms with Crippen molar-refractivity contribution in [2.75, 3.05) is 20.2 Å². The molecule has 0 unspecified atom stereocenters. The minimum absolute atomic E-state index is 0.102. The monoisotopic (exact) mass is 472 g/mol. The Labute approximate surface area is 201 Å². The van der Waals surface area contributed by atoms with E-state index in [-0.39, 0.29) is 17.5 Å². The molecule has 4 aromatic rings. The number of carbonyl (C=O) groups is 2. The second-order valence-electron chi connectivity index (χ2n) is 7.53. The minimum Gasteiger partial charge on any atom is -0.494 e. The molecule has 4 rings (SSSR count). The molecule has 0 aliphatic heterocycles. The van der Waals surface area contributed by atoms with E-state index >= 15 is 0 Å². The van der Waals surface area contributed by atoms with E-state index in [1.54, 1.807) is 42.5 Å². The molecule has 3 aromatic carbocycles. The molecule has 0 radical (unpaired) electrons. The summed E-state index contributed by atoms with van der Waals surface area (Å²) in [6.45, 7) is 0.709. The second kappa shape index (κ2) is 10.5. The lowest BCUT2D eigenvalue weighted by molar-refractivity contribution is 0.0954. The Hall–Kier alpha value is -4.63. The van der Waals surface area contributed by atoms with Crippen molar-refractivity contribution in [2.24, 2.45) is 10.7 Å². The van der Waals surface area contributed by atoms with Gasteiger partial charge in [-0.15, -0.1) is 0 Å². The van der Waals surface area contributed by atoms with Crippen molar-refractivity contribution < 1.29 is 24.2 Å². The third kappa shape index (κ3) is 5.31. The zero-order valence-electron chi connectivity index (χ0n) is 18.9. The molecular formula is C26H24N4O5. The van der Waals surface area contributed by atoms with Gasteiger partial charge in [-0.1, -0.05) is 36.4 Å². The predicted molar refractivity (Wildman–Crippen MR) is 133 cm³/mol. The fourth-order valence-electron chi connectivity index (χ4n) is 3.60. The smallest absolute Gasteiger partial charge is 0.494 e. The molecule has 0 saturated heterocycles. The summed E-state index contributed by atoms with van der Waals surface area (Å²) in [5.41, 5.74) is 8.71. The summed E-state index contributed by atoms with van der Waals surface area (Å²) in [4.78, 5) is 31.6. The zero-order valence-corrected chi connectivity index (χ0v) is 18.9. The van der Waals surface area contributed by atoms with E-state index in [1.165, 1.54) is 7.11 Å². The van der Waals surface area contributed by atoms with Gasteiger partial charge < -0.3 is 30.6 Å². The molecule has 0 fully saturated rings. The summed E-state index contributed by atoms with van der Waals surface area (Å²) in [6, 6.07) is 21.2. The molecule has 1 aromatic heterocycles. The van der Waals surface area contributed by atoms with E-state index in [0.29, 0.717) is 46.5 Å². The average molecular weight is 473 g/mol. The number of aromatic amines is 1. The number of carbonyl (C=O) groups excluding carboxylic acids is 2. The van der Waals surface area contributed by atoms with Gasteiger partial charge in [0.05, 0.1) is 29.6 Å². The van der Waals surface area contributed by atoms with Gasteiger partial charge in [0.15, 0.2) is 5.88 Å². The molecule has 0 spiro atoms. The van der Waals surface area contributed by atoms with E-state index in [9.17, 15) is 14.7 Å². The van der Waals surface area contributed by atoms with Crippen molar-refractivity contribution in [2.45, 2.75) is 0 Å². The van der Waals surface area contributed by atoms with E-state index in [0.717, 1.165) is 5.56 Å². The summed E-state index contributed by atoms with van der Waals surface area (Å²) in [5, 5.41) is 14.3. The van der Waals surface area contributed by atoms with Crippen LogP contribution < -0.4 is 15.8 Å². The minimum atomic E-state index is -0.845. The topological polar surface area (TPSA) is 139 Å². The number of nitrogens with two attached hydrogens (primary N) is 1. The largest absolute Gasteiger partial charge is 0.513 e. The van der Waals surface area contributed by atoms with Gasteiger partial charge in [-0.05, 0) is 30.3 Å². The highest BCUT2D eigenvalue weighted by molar-refractivity contribution is 6.22. The number of hydrogen-bond donors (Lipinski definition) is 4. The molecule has 9 nitrogen and oxygen atoms in total. The number of ether oxygens (including phenoxy) is 2. The Kier molecular flexibility index (Phi) is 7.08. The second-order valence-corrected chi connectivity index (χ2v) is 7.53. The number of aromatic hydroxyl groups is 1. The Morgan fingerprint density at radius 2 is 1.80 bits per heavy atom. The highest BCUT2D eigenvalue weighted by Crippen LogP contribution is 2.33. The Bertz CT molecular complexity index is 1400. The van der Waals surface area contributed by atoms with Crippen LogP contribution >= 0.6 is 0 Å². The summed E-state index contributed by atoms with van der Waals surface area (Å²) in [6.07, 6.45) is -0.845. The maximum absolute atomic E-state index is 12.4. The van der Waals surface area contributed by atoms with Crippen LogP contribution in [0.15, 0.2) is 77.8 Å². The maximum Gasteiger partial charge on any atom is 0.513 e. The maximum atomic E-state index is 12.4. The number of nitrogens with one attached hydrogen (secondary N) is 2. The quantitative estimate of drug-likeness (QED) is 0.183. The first-order chi connectivity index (χ1) is 17.0. The van der Waals surface area contributed by atoms with Gasteiger partial charge in [0.1, 0.15) is 5.75 Å². The van der Waals surface area contributed by atoms with Gasteiger partial charge in [0, 0.05) is 35.7 Å². The first kappa shape index (κ1) is 23.5. The number of methoxy groups -OCH3 is 1. The van der Waals surface area contributed by atoms with Gasteiger partial charge in [-0.25, -0.2) is 9.79 Å². The zero-order chi connectivity index (χ0) is 24.8. The summed E-state index contributed by atoms with van der Waals surface area (Å²) < 4.78 is 9.62. The van der Waals surface area contributed by atoms with Crippen molar-refractivity contribution in [3.05, 3.63) is 89.5 Å². The Morgan fingerprint density at radius 3 is 2.54 bits per heavy atom. The van der Waals surface area contributed by atoms with Crippen molar-refractivity contribution in [1.82, 2.24) is 10.3 Å². The number of aliphatic imine (C=N–C) groups is 1. The van der Waals surface area contributed by atoms with E-state index in [4.69, 9.17) is 15.5 Å². The number of hydrogen-bond acceptors (Lipinski definition) is 7. The van der Waals surface area contributed by atoms with Gasteiger partial charge in [0.25, 0.3) is 5.91 Å². The van der Waals surface area contributed by atoms with Crippen molar-refractivity contribution in [1.29, 1.82) is 0 Å². The first-order valence-electron chi connectivity index (χ1n) is 10.8. The standard InChI is InChI=1S/C26H24N4O5/c1-34-26(33)35-19-10-11-20-21(15-19)30-25(32)22(20)23(16-6-3-2-4-7-16)29-18-9-5-8-17(14-18)24(31)28-13-12-27/h2-11,14-15,30,32H,12-13,27H2,1H3,(H,28,31). The first-order valence-corrected chi connectivity index (χ1v) is 10.8. The molecule has 1 heterocycles.